The van der Waals surface area contributed by atoms with Gasteiger partial charge in [0.05, 0.1) is 23.6 Å². The second-order valence-corrected chi connectivity index (χ2v) is 10.4. The van der Waals surface area contributed by atoms with Gasteiger partial charge in [-0.05, 0) is 66.7 Å². The third kappa shape index (κ3) is 4.98. The van der Waals surface area contributed by atoms with Crippen LogP contribution in [0.15, 0.2) is 71.9 Å². The van der Waals surface area contributed by atoms with Crippen LogP contribution >= 0.6 is 10.7 Å². The van der Waals surface area contributed by atoms with Gasteiger partial charge in [0.2, 0.25) is 5.95 Å². The number of nitrogens with one attached hydrogen (secondary N) is 1. The molecule has 1 aliphatic heterocycles. The molecule has 10 heteroatoms. The Morgan fingerprint density at radius 2 is 1.89 bits per heavy atom. The molecular weight excluding hydrogens is 504 g/mol. The van der Waals surface area contributed by atoms with Crippen molar-refractivity contribution in [3.8, 4) is 17.0 Å². The molecule has 0 radical (unpaired) electrons. The number of rotatable bonds is 5. The summed E-state index contributed by atoms with van der Waals surface area (Å²) in [7, 11) is 1.09. The smallest absolute Gasteiger partial charge is 0.416 e. The molecule has 0 bridgehead atoms. The highest BCUT2D eigenvalue weighted by atomic mass is 32.2. The second kappa shape index (κ2) is 10.0. The van der Waals surface area contributed by atoms with E-state index in [1.807, 2.05) is 30.5 Å². The maximum Gasteiger partial charge on any atom is 0.416 e. The van der Waals surface area contributed by atoms with Crippen LogP contribution in [0.1, 0.15) is 36.0 Å². The monoisotopic (exact) mass is 528 g/mol. The second-order valence-electron chi connectivity index (χ2n) is 8.55. The number of nitrogens with zero attached hydrogens (tertiary/aromatic N) is 3. The van der Waals surface area contributed by atoms with Crippen molar-refractivity contribution >= 4 is 21.7 Å². The fourth-order valence-electron chi connectivity index (χ4n) is 4.56. The highest BCUT2D eigenvalue weighted by Crippen LogP contribution is 2.45. The van der Waals surface area contributed by atoms with Crippen LogP contribution in [0, 0.1) is 5.95 Å². The van der Waals surface area contributed by atoms with Gasteiger partial charge in [-0.2, -0.15) is 22.7 Å². The number of hydrogen-bond acceptors (Lipinski definition) is 4. The molecular formula is C27H24F4N4OS. The van der Waals surface area contributed by atoms with Crippen LogP contribution < -0.4 is 9.46 Å². The van der Waals surface area contributed by atoms with Crippen LogP contribution in [-0.2, 0) is 13.2 Å². The lowest BCUT2D eigenvalue weighted by Crippen LogP contribution is -2.17. The van der Waals surface area contributed by atoms with E-state index in [0.29, 0.717) is 35.7 Å². The molecule has 0 fully saturated rings. The molecule has 0 aliphatic carbocycles. The van der Waals surface area contributed by atoms with Crippen molar-refractivity contribution in [2.75, 3.05) is 11.3 Å². The molecule has 0 amide bonds. The Morgan fingerprint density at radius 3 is 2.59 bits per heavy atom. The minimum absolute atomic E-state index is 0.166. The summed E-state index contributed by atoms with van der Waals surface area (Å²) in [5.41, 5.74) is 2.37. The number of benzene rings is 2. The number of ether oxygens (including phenoxy) is 1. The molecule has 3 heterocycles. The van der Waals surface area contributed by atoms with E-state index < -0.39 is 28.4 Å². The molecule has 2 aromatic carbocycles. The van der Waals surface area contributed by atoms with E-state index in [0.717, 1.165) is 22.1 Å². The molecule has 192 valence electrons. The number of fused-ring (bicyclic) bond motifs is 1. The number of aromatic nitrogens is 3. The van der Waals surface area contributed by atoms with E-state index in [4.69, 9.17) is 4.74 Å². The summed E-state index contributed by atoms with van der Waals surface area (Å²) >= 11 is 0. The van der Waals surface area contributed by atoms with Crippen molar-refractivity contribution in [3.05, 3.63) is 89.6 Å². The van der Waals surface area contributed by atoms with E-state index in [1.165, 1.54) is 12.3 Å². The maximum absolute atomic E-state index is 14.1. The molecule has 0 saturated heterocycles. The minimum atomic E-state index is -4.46. The van der Waals surface area contributed by atoms with E-state index in [-0.39, 0.29) is 5.92 Å². The van der Waals surface area contributed by atoms with Crippen LogP contribution in [0.25, 0.3) is 11.3 Å². The maximum atomic E-state index is 14.1. The Balaban J connectivity index is 1.55. The zero-order chi connectivity index (χ0) is 26.2. The molecule has 2 aromatic heterocycles. The van der Waals surface area contributed by atoms with Gasteiger partial charge >= 0.3 is 6.18 Å². The number of aryl methyl sites for hydroxylation is 1. The lowest BCUT2D eigenvalue weighted by Gasteiger charge is -2.29. The highest BCUT2D eigenvalue weighted by molar-refractivity contribution is 8.16. The Labute approximate surface area is 214 Å². The molecule has 1 N–H and O–H groups in total. The van der Waals surface area contributed by atoms with E-state index in [2.05, 4.69) is 14.8 Å². The van der Waals surface area contributed by atoms with Crippen LogP contribution in [0.4, 0.5) is 23.2 Å². The summed E-state index contributed by atoms with van der Waals surface area (Å²) in [5, 5.41) is 6.10. The number of halogens is 4. The van der Waals surface area contributed by atoms with Crippen molar-refractivity contribution < 1.29 is 22.3 Å². The fraction of sp³-hybridized carbons (Fsp3) is 0.222. The van der Waals surface area contributed by atoms with E-state index in [1.54, 1.807) is 42.2 Å². The van der Waals surface area contributed by atoms with Crippen LogP contribution in [-0.4, -0.2) is 26.7 Å². The molecule has 1 aliphatic rings. The largest absolute Gasteiger partial charge is 0.493 e. The van der Waals surface area contributed by atoms with Gasteiger partial charge < -0.3 is 9.46 Å². The van der Waals surface area contributed by atoms with Crippen LogP contribution in [0.3, 0.4) is 0 Å². The fourth-order valence-corrected chi connectivity index (χ4v) is 5.91. The van der Waals surface area contributed by atoms with Gasteiger partial charge in [0.25, 0.3) is 0 Å². The average Bonchev–Trinajstić information content (AvgIpc) is 3.32. The summed E-state index contributed by atoms with van der Waals surface area (Å²) < 4.78 is 65.6. The Morgan fingerprint density at radius 1 is 1.08 bits per heavy atom. The Hall–Kier alpha value is -3.66. The molecule has 0 spiro atoms. The Kier molecular flexibility index (Phi) is 6.76. The topological polar surface area (TPSA) is 52.0 Å². The predicted octanol–water partition coefficient (Wildman–Crippen LogP) is 7.03. The van der Waals surface area contributed by atoms with Crippen molar-refractivity contribution in [1.82, 2.24) is 14.8 Å². The summed E-state index contributed by atoms with van der Waals surface area (Å²) in [6, 6.07) is 14.7. The summed E-state index contributed by atoms with van der Waals surface area (Å²) in [4.78, 5) is 4.58. The third-order valence-electron chi connectivity index (χ3n) is 6.35. The van der Waals surface area contributed by atoms with Crippen LogP contribution in [0.2, 0.25) is 0 Å². The first-order chi connectivity index (χ1) is 17.8. The molecule has 5 nitrogen and oxygen atoms in total. The van der Waals surface area contributed by atoms with Gasteiger partial charge in [0.1, 0.15) is 5.75 Å². The predicted molar refractivity (Wildman–Crippen MR) is 137 cm³/mol. The lowest BCUT2D eigenvalue weighted by molar-refractivity contribution is -0.137. The van der Waals surface area contributed by atoms with Gasteiger partial charge in [-0.3, -0.25) is 4.68 Å². The molecule has 2 atom stereocenters. The first-order valence-electron chi connectivity index (χ1n) is 11.6. The van der Waals surface area contributed by atoms with Crippen molar-refractivity contribution in [1.29, 1.82) is 0 Å². The van der Waals surface area contributed by atoms with E-state index in [9.17, 15) is 17.6 Å². The lowest BCUT2D eigenvalue weighted by atomic mass is 9.83. The van der Waals surface area contributed by atoms with Gasteiger partial charge in [-0.15, -0.1) is 0 Å². The van der Waals surface area contributed by atoms with Crippen molar-refractivity contribution in [3.63, 3.8) is 0 Å². The highest BCUT2D eigenvalue weighted by Gasteiger charge is 2.33. The first-order valence-corrected chi connectivity index (χ1v) is 12.9. The quantitative estimate of drug-likeness (QED) is 0.172. The summed E-state index contributed by atoms with van der Waals surface area (Å²) in [6.07, 6.45) is -0.874. The summed E-state index contributed by atoms with van der Waals surface area (Å²) in [6.45, 7) is 2.30. The van der Waals surface area contributed by atoms with Crippen molar-refractivity contribution in [2.45, 2.75) is 30.3 Å². The molecule has 1 unspecified atom stereocenters. The van der Waals surface area contributed by atoms with Crippen LogP contribution in [0.5, 0.6) is 5.75 Å². The Bertz CT molecular complexity index is 1480. The van der Waals surface area contributed by atoms with Gasteiger partial charge in [0, 0.05) is 41.4 Å². The zero-order valence-corrected chi connectivity index (χ0v) is 20.9. The minimum Gasteiger partial charge on any atom is -0.493 e. The van der Waals surface area contributed by atoms with Gasteiger partial charge in [-0.1, -0.05) is 22.8 Å². The first kappa shape index (κ1) is 25.0. The summed E-state index contributed by atoms with van der Waals surface area (Å²) in [5.74, 6) is -0.0837. The normalized spacial score (nSPS) is 16.2. The molecule has 0 saturated carbocycles. The van der Waals surface area contributed by atoms with Gasteiger partial charge in [-0.25, -0.2) is 4.98 Å². The van der Waals surface area contributed by atoms with E-state index >= 15 is 0 Å². The molecule has 37 heavy (non-hydrogen) atoms. The number of pyridine rings is 1. The van der Waals surface area contributed by atoms with Gasteiger partial charge in [0.15, 0.2) is 0 Å². The standard InChI is InChI=1S/C27H24F4N4OS/c1-3-37(34-23-5-4-12-32-26(23)28)18-7-9-21-20(11-14-36-25(21)16-18)19-8-6-17(27(29,30)31)15-22(19)24-10-13-33-35(24)2/h3-10,12-13,15-16,20,34H,11,14H2,1-2H3/t20-,37?/m0/s1. The molecule has 4 aromatic rings. The number of anilines is 1. The average molecular weight is 529 g/mol. The molecule has 5 rings (SSSR count). The third-order valence-corrected chi connectivity index (χ3v) is 8.02. The number of hydrogen-bond donors (Lipinski definition) is 1. The van der Waals surface area contributed by atoms with Crippen molar-refractivity contribution in [2.24, 2.45) is 7.05 Å². The SMILES string of the molecule is C/C=S(/Nc1cccnc1F)c1ccc2c(c1)OCC[C@H]2c1ccc(C(F)(F)F)cc1-c1ccnn1C. The number of alkyl halides is 3. The zero-order valence-electron chi connectivity index (χ0n) is 20.1.